The minimum atomic E-state index is -4.09. The SMILES string of the molecule is C[C@@H](NCCC(F)(F)F)c1ccc(Br)cc1. The number of hydrogen-bond donors (Lipinski definition) is 1. The minimum absolute atomic E-state index is 0.0548. The molecule has 16 heavy (non-hydrogen) atoms. The van der Waals surface area contributed by atoms with Gasteiger partial charge >= 0.3 is 6.18 Å². The number of alkyl halides is 3. The fourth-order valence-corrected chi connectivity index (χ4v) is 1.56. The summed E-state index contributed by atoms with van der Waals surface area (Å²) in [5.41, 5.74) is 0.977. The van der Waals surface area contributed by atoms with Crippen molar-refractivity contribution in [2.24, 2.45) is 0 Å². The van der Waals surface area contributed by atoms with Crippen LogP contribution < -0.4 is 5.32 Å². The molecule has 5 heteroatoms. The van der Waals surface area contributed by atoms with E-state index in [4.69, 9.17) is 0 Å². The van der Waals surface area contributed by atoms with Crippen molar-refractivity contribution < 1.29 is 13.2 Å². The van der Waals surface area contributed by atoms with Crippen LogP contribution in [0.1, 0.15) is 24.9 Å². The van der Waals surface area contributed by atoms with Gasteiger partial charge in [-0.25, -0.2) is 0 Å². The molecule has 0 saturated heterocycles. The summed E-state index contributed by atoms with van der Waals surface area (Å²) in [7, 11) is 0. The zero-order chi connectivity index (χ0) is 12.2. The molecule has 0 radical (unpaired) electrons. The zero-order valence-corrected chi connectivity index (χ0v) is 10.4. The van der Waals surface area contributed by atoms with Crippen molar-refractivity contribution in [3.05, 3.63) is 34.3 Å². The van der Waals surface area contributed by atoms with Crippen molar-refractivity contribution in [2.75, 3.05) is 6.54 Å². The van der Waals surface area contributed by atoms with Gasteiger partial charge in [-0.2, -0.15) is 13.2 Å². The fraction of sp³-hybridized carbons (Fsp3) is 0.455. The second-order valence-corrected chi connectivity index (χ2v) is 4.51. The van der Waals surface area contributed by atoms with Crippen LogP contribution in [0.4, 0.5) is 13.2 Å². The Morgan fingerprint density at radius 2 is 1.81 bits per heavy atom. The van der Waals surface area contributed by atoms with Crippen LogP contribution in [0, 0.1) is 0 Å². The van der Waals surface area contributed by atoms with E-state index in [0.717, 1.165) is 10.0 Å². The van der Waals surface area contributed by atoms with Gasteiger partial charge in [0.2, 0.25) is 0 Å². The molecule has 0 spiro atoms. The summed E-state index contributed by atoms with van der Waals surface area (Å²) in [5, 5.41) is 2.84. The van der Waals surface area contributed by atoms with Gasteiger partial charge in [0.1, 0.15) is 0 Å². The van der Waals surface area contributed by atoms with Gasteiger partial charge in [0.15, 0.2) is 0 Å². The lowest BCUT2D eigenvalue weighted by Gasteiger charge is -2.15. The van der Waals surface area contributed by atoms with Crippen LogP contribution in [-0.2, 0) is 0 Å². The van der Waals surface area contributed by atoms with E-state index < -0.39 is 12.6 Å². The van der Waals surface area contributed by atoms with Crippen molar-refractivity contribution in [1.29, 1.82) is 0 Å². The molecule has 0 aliphatic heterocycles. The van der Waals surface area contributed by atoms with E-state index in [1.807, 2.05) is 31.2 Å². The summed E-state index contributed by atoms with van der Waals surface area (Å²) < 4.78 is 36.7. The van der Waals surface area contributed by atoms with E-state index in [2.05, 4.69) is 21.2 Å². The molecule has 1 aromatic carbocycles. The Morgan fingerprint density at radius 1 is 1.25 bits per heavy atom. The Bertz CT molecular complexity index is 321. The largest absolute Gasteiger partial charge is 0.390 e. The van der Waals surface area contributed by atoms with Crippen LogP contribution in [0.2, 0.25) is 0 Å². The minimum Gasteiger partial charge on any atom is -0.310 e. The second kappa shape index (κ2) is 5.68. The molecule has 0 saturated carbocycles. The molecule has 0 aliphatic rings. The highest BCUT2D eigenvalue weighted by molar-refractivity contribution is 9.10. The van der Waals surface area contributed by atoms with Gasteiger partial charge in [-0.15, -0.1) is 0 Å². The average molecular weight is 296 g/mol. The van der Waals surface area contributed by atoms with Crippen molar-refractivity contribution >= 4 is 15.9 Å². The Morgan fingerprint density at radius 3 is 2.31 bits per heavy atom. The summed E-state index contributed by atoms with van der Waals surface area (Å²) in [6, 6.07) is 7.44. The summed E-state index contributed by atoms with van der Waals surface area (Å²) in [4.78, 5) is 0. The van der Waals surface area contributed by atoms with E-state index in [0.29, 0.717) is 0 Å². The molecule has 1 N–H and O–H groups in total. The molecule has 0 aliphatic carbocycles. The predicted molar refractivity (Wildman–Crippen MR) is 61.2 cm³/mol. The highest BCUT2D eigenvalue weighted by Gasteiger charge is 2.26. The maximum absolute atomic E-state index is 11.9. The number of halogens is 4. The number of hydrogen-bond acceptors (Lipinski definition) is 1. The van der Waals surface area contributed by atoms with Crippen molar-refractivity contribution in [2.45, 2.75) is 25.6 Å². The molecule has 1 rings (SSSR count). The Balaban J connectivity index is 2.41. The van der Waals surface area contributed by atoms with Gasteiger partial charge in [-0.1, -0.05) is 28.1 Å². The van der Waals surface area contributed by atoms with Crippen LogP contribution in [0.15, 0.2) is 28.7 Å². The van der Waals surface area contributed by atoms with E-state index in [1.165, 1.54) is 0 Å². The average Bonchev–Trinajstić information content (AvgIpc) is 2.16. The molecule has 0 unspecified atom stereocenters. The van der Waals surface area contributed by atoms with Gasteiger partial charge in [0.25, 0.3) is 0 Å². The Labute approximate surface area is 101 Å². The smallest absolute Gasteiger partial charge is 0.310 e. The first-order valence-electron chi connectivity index (χ1n) is 4.94. The monoisotopic (exact) mass is 295 g/mol. The number of rotatable bonds is 4. The number of benzene rings is 1. The molecular weight excluding hydrogens is 283 g/mol. The van der Waals surface area contributed by atoms with Gasteiger partial charge in [0.05, 0.1) is 6.42 Å². The standard InChI is InChI=1S/C11H13BrF3N/c1-8(16-7-6-11(13,14)15)9-2-4-10(12)5-3-9/h2-5,8,16H,6-7H2,1H3/t8-/m1/s1. The molecule has 1 atom stereocenters. The normalized spacial score (nSPS) is 13.8. The summed E-state index contributed by atoms with van der Waals surface area (Å²) in [5.74, 6) is 0. The first-order chi connectivity index (χ1) is 7.38. The van der Waals surface area contributed by atoms with Crippen molar-refractivity contribution in [3.8, 4) is 0 Å². The third kappa shape index (κ3) is 4.99. The molecule has 0 heterocycles. The van der Waals surface area contributed by atoms with Gasteiger partial charge in [0, 0.05) is 17.1 Å². The topological polar surface area (TPSA) is 12.0 Å². The van der Waals surface area contributed by atoms with Crippen LogP contribution in [0.25, 0.3) is 0 Å². The third-order valence-electron chi connectivity index (χ3n) is 2.23. The highest BCUT2D eigenvalue weighted by Crippen LogP contribution is 2.20. The maximum Gasteiger partial charge on any atom is 0.390 e. The van der Waals surface area contributed by atoms with Gasteiger partial charge < -0.3 is 5.32 Å². The summed E-state index contributed by atoms with van der Waals surface area (Å²) in [6.07, 6.45) is -4.89. The second-order valence-electron chi connectivity index (χ2n) is 3.59. The molecule has 90 valence electrons. The Kier molecular flexibility index (Phi) is 4.80. The molecule has 0 fully saturated rings. The van der Waals surface area contributed by atoms with Crippen molar-refractivity contribution in [1.82, 2.24) is 5.32 Å². The van der Waals surface area contributed by atoms with Crippen LogP contribution in [0.5, 0.6) is 0 Å². The van der Waals surface area contributed by atoms with E-state index in [9.17, 15) is 13.2 Å². The lowest BCUT2D eigenvalue weighted by Crippen LogP contribution is -2.24. The molecule has 0 aromatic heterocycles. The van der Waals surface area contributed by atoms with Crippen LogP contribution in [0.3, 0.4) is 0 Å². The quantitative estimate of drug-likeness (QED) is 0.883. The van der Waals surface area contributed by atoms with Crippen LogP contribution >= 0.6 is 15.9 Å². The molecule has 0 amide bonds. The fourth-order valence-electron chi connectivity index (χ4n) is 1.30. The first-order valence-corrected chi connectivity index (χ1v) is 5.73. The summed E-state index contributed by atoms with van der Waals surface area (Å²) in [6.45, 7) is 1.79. The first kappa shape index (κ1) is 13.5. The molecule has 1 nitrogen and oxygen atoms in total. The van der Waals surface area contributed by atoms with E-state index >= 15 is 0 Å². The number of nitrogens with one attached hydrogen (secondary N) is 1. The lowest BCUT2D eigenvalue weighted by molar-refractivity contribution is -0.133. The zero-order valence-electron chi connectivity index (χ0n) is 8.81. The third-order valence-corrected chi connectivity index (χ3v) is 2.76. The summed E-state index contributed by atoms with van der Waals surface area (Å²) >= 11 is 3.30. The highest BCUT2D eigenvalue weighted by atomic mass is 79.9. The molecule has 1 aromatic rings. The van der Waals surface area contributed by atoms with Crippen LogP contribution in [-0.4, -0.2) is 12.7 Å². The molecular formula is C11H13BrF3N. The Hall–Kier alpha value is -0.550. The molecule has 0 bridgehead atoms. The predicted octanol–water partition coefficient (Wildman–Crippen LogP) is 4.05. The van der Waals surface area contributed by atoms with E-state index in [-0.39, 0.29) is 12.6 Å². The van der Waals surface area contributed by atoms with E-state index in [1.54, 1.807) is 0 Å². The maximum atomic E-state index is 11.9. The van der Waals surface area contributed by atoms with Crippen molar-refractivity contribution in [3.63, 3.8) is 0 Å². The van der Waals surface area contributed by atoms with Gasteiger partial charge in [-0.05, 0) is 24.6 Å². The van der Waals surface area contributed by atoms with Gasteiger partial charge in [-0.3, -0.25) is 0 Å². The lowest BCUT2D eigenvalue weighted by atomic mass is 10.1.